The summed E-state index contributed by atoms with van der Waals surface area (Å²) in [7, 11) is 0. The average molecular weight is 2040 g/mol. The second-order valence-corrected chi connectivity index (χ2v) is 44.6. The lowest BCUT2D eigenvalue weighted by Crippen LogP contribution is -2.65. The number of alkyl halides is 3. The Bertz CT molecular complexity index is 7650. The van der Waals surface area contributed by atoms with Gasteiger partial charge < -0.3 is 39.4 Å². The lowest BCUT2D eigenvalue weighted by molar-refractivity contribution is -0.144. The van der Waals surface area contributed by atoms with E-state index < -0.39 is 45.2 Å². The Labute approximate surface area is 864 Å². The van der Waals surface area contributed by atoms with Crippen LogP contribution >= 0.6 is 0 Å². The van der Waals surface area contributed by atoms with E-state index in [2.05, 4.69) is 148 Å². The smallest absolute Gasteiger partial charge is 0.329 e. The summed E-state index contributed by atoms with van der Waals surface area (Å²) in [4.78, 5) is 163. The van der Waals surface area contributed by atoms with E-state index in [4.69, 9.17) is 10.1 Å². The molecule has 2 N–H and O–H groups in total. The predicted octanol–water partition coefficient (Wildman–Crippen LogP) is 17.3. The summed E-state index contributed by atoms with van der Waals surface area (Å²) >= 11 is 0. The molecule has 20 rings (SSSR count). The number of aromatic nitrogens is 16. The van der Waals surface area contributed by atoms with E-state index in [1.165, 1.54) is 51.5 Å². The van der Waals surface area contributed by atoms with E-state index >= 15 is 0 Å². The van der Waals surface area contributed by atoms with E-state index in [1.54, 1.807) is 178 Å². The Morgan fingerprint density at radius 2 is 0.633 bits per heavy atom. The first-order valence-electron chi connectivity index (χ1n) is 49.7. The predicted molar refractivity (Wildman–Crippen MR) is 561 cm³/mol. The van der Waals surface area contributed by atoms with Crippen LogP contribution < -0.4 is 9.80 Å². The molecule has 0 atom stereocenters. The SMILES string of the molecule is CC(C)(C)c1cc(-c2ccc(C(F)(F)F)cc2)nn2cc(C(=O)N3CCN(C4=CCN=C4)C(=O)C3(C)C)nc12.Cc1ccc(-c2cc(C(C)(C)C)c3nc(C(=O)N4CCN(C5=CCN=C5)C(=O)C4(C)C)cn3n2)cc1F.Cc1ccc(-c2cc(C(C)(C)C)c3nc(C(=O)N4CCN(c5cnc(C)[nH]5)C(=O)C4(C)C)cn3n2)cc1.Cc1ncc(N2CCN(C(=O)c3cn4nc(-c5ccc(F)cc5)cc(C(C)(C)C)c4n3)C(C)(C)C2=O)[nH]1. The number of H-pyrrole nitrogens is 2. The second kappa shape index (κ2) is 38.9. The normalized spacial score (nSPS) is 16.9. The Hall–Kier alpha value is -16.0. The number of hydrogen-bond acceptors (Lipinski definition) is 20. The molecule has 16 heterocycles. The van der Waals surface area contributed by atoms with Gasteiger partial charge in [0.05, 0.1) is 90.0 Å². The molecule has 6 aliphatic rings. The highest BCUT2D eigenvalue weighted by Gasteiger charge is 2.51. The van der Waals surface area contributed by atoms with Crippen LogP contribution in [0.15, 0.2) is 186 Å². The Balaban J connectivity index is 0.000000136. The second-order valence-electron chi connectivity index (χ2n) is 44.6. The number of hydrogen-bond donors (Lipinski definition) is 2. The number of rotatable bonds is 12. The molecule has 34 nitrogen and oxygen atoms in total. The number of aromatic amines is 2. The molecular formula is C111H123F5N26O8. The van der Waals surface area contributed by atoms with Crippen LogP contribution in [0.2, 0.25) is 0 Å². The molecule has 0 radical (unpaired) electrons. The van der Waals surface area contributed by atoms with Crippen molar-refractivity contribution in [2.45, 2.75) is 216 Å². The van der Waals surface area contributed by atoms with E-state index in [-0.39, 0.29) is 92.0 Å². The molecule has 0 bridgehead atoms. The number of nitrogens with zero attached hydrogens (tertiary/aromatic N) is 24. The van der Waals surface area contributed by atoms with Crippen molar-refractivity contribution in [1.29, 1.82) is 0 Å². The van der Waals surface area contributed by atoms with Crippen molar-refractivity contribution < 1.29 is 60.3 Å². The summed E-state index contributed by atoms with van der Waals surface area (Å²) in [6.45, 7) is 49.9. The number of aliphatic imine (C=N–C) groups is 2. The molecule has 0 aliphatic carbocycles. The Kier molecular flexibility index (Phi) is 27.3. The molecule has 150 heavy (non-hydrogen) atoms. The van der Waals surface area contributed by atoms with Crippen molar-refractivity contribution in [3.63, 3.8) is 0 Å². The molecule has 0 saturated carbocycles. The number of benzene rings is 4. The fourth-order valence-corrected chi connectivity index (χ4v) is 19.2. The van der Waals surface area contributed by atoms with Gasteiger partial charge in [-0.2, -0.15) is 33.6 Å². The molecule has 14 aromatic rings. The molecule has 6 aliphatic heterocycles. The van der Waals surface area contributed by atoms with Gasteiger partial charge in [-0.05, 0) is 189 Å². The number of fused-ring (bicyclic) bond motifs is 4. The molecule has 780 valence electrons. The van der Waals surface area contributed by atoms with Crippen LogP contribution in [-0.2, 0) is 47.0 Å². The zero-order valence-electron chi connectivity index (χ0n) is 88.7. The minimum atomic E-state index is -4.44. The fourth-order valence-electron chi connectivity index (χ4n) is 19.2. The molecular weight excluding hydrogens is 1920 g/mol. The van der Waals surface area contributed by atoms with Crippen molar-refractivity contribution in [3.8, 4) is 45.0 Å². The van der Waals surface area contributed by atoms with Gasteiger partial charge in [0.25, 0.3) is 47.3 Å². The standard InChI is InChI=1S/C28H29F3N6O2.C28H31FN6O2.C28H33N7O2.C27H30FN7O2/c1-26(2,3)20-14-21(17-6-8-18(9-7-17)28(29,30)31)34-37-16-22(33-23(20)37)24(38)36-13-12-35(19-10-11-32-15-19)25(39)27(36,4)5;1-17-7-8-18(13-21(17)29)22-14-20(27(2,3)4)24-31-23(16-35(24)32-22)25(36)34-12-11-33(19-9-10-30-15-19)26(37)28(34,5)6;1-17-8-10-19(11-9-17)21-14-20(27(3,4)5)24-31-22(16-35(24)32-21)25(36)34-13-12-33(26(37)28(34,6)7)23-15-29-18(2)30-23;1-16-29-14-22(30-16)33-11-12-34(27(5,6)25(33)37)24(36)21-15-35-23(31-21)19(26(2,3)4)13-20(32-35)17-7-9-18(28)10-8-17/h6-10,14-16H,11-13H2,1-5H3;7-9,13-16H,10-12H2,1-6H3;8-11,14-16H,12-13H2,1-7H3,(H,29,30);7-10,13-15H,11-12H2,1-6H3,(H,29,30). The lowest BCUT2D eigenvalue weighted by Gasteiger charge is -2.45. The monoisotopic (exact) mass is 2040 g/mol. The van der Waals surface area contributed by atoms with Gasteiger partial charge in [0, 0.05) is 109 Å². The zero-order valence-corrected chi connectivity index (χ0v) is 88.7. The summed E-state index contributed by atoms with van der Waals surface area (Å²) in [5.41, 5.74) is 8.93. The van der Waals surface area contributed by atoms with Crippen LogP contribution in [0.5, 0.6) is 0 Å². The average Bonchev–Trinajstić information content (AvgIpc) is 1.58. The number of imidazole rings is 6. The summed E-state index contributed by atoms with van der Waals surface area (Å²) in [5.74, 6) is -0.0298. The van der Waals surface area contributed by atoms with Gasteiger partial charge in [0.1, 0.15) is 79.9 Å². The number of nitrogens with one attached hydrogen (secondary N) is 2. The zero-order chi connectivity index (χ0) is 108. The number of anilines is 2. The van der Waals surface area contributed by atoms with Crippen molar-refractivity contribution in [2.75, 3.05) is 75.2 Å². The highest BCUT2D eigenvalue weighted by molar-refractivity contribution is 6.07. The third-order valence-electron chi connectivity index (χ3n) is 28.1. The molecule has 4 fully saturated rings. The van der Waals surface area contributed by atoms with Gasteiger partial charge in [-0.25, -0.2) is 56.7 Å². The number of allylic oxidation sites excluding steroid dienone is 2. The van der Waals surface area contributed by atoms with Crippen LogP contribution in [0.4, 0.5) is 33.6 Å². The molecule has 0 spiro atoms. The van der Waals surface area contributed by atoms with E-state index in [9.17, 15) is 60.3 Å². The fraction of sp³-hybridized carbons (Fsp3) is 0.387. The molecule has 39 heteroatoms. The summed E-state index contributed by atoms with van der Waals surface area (Å²) < 4.78 is 73.4. The third-order valence-corrected chi connectivity index (χ3v) is 28.1. The number of carbonyl (C=O) groups excluding carboxylic acids is 8. The van der Waals surface area contributed by atoms with E-state index in [0.29, 0.717) is 139 Å². The lowest BCUT2D eigenvalue weighted by atomic mass is 9.87. The molecule has 8 amide bonds. The van der Waals surface area contributed by atoms with Gasteiger partial charge in [0.15, 0.2) is 22.6 Å². The number of carbonyl (C=O) groups is 8. The van der Waals surface area contributed by atoms with Gasteiger partial charge in [-0.15, -0.1) is 0 Å². The summed E-state index contributed by atoms with van der Waals surface area (Å²) in [5, 5.41) is 18.7. The molecule has 10 aromatic heterocycles. The van der Waals surface area contributed by atoms with Gasteiger partial charge in [-0.1, -0.05) is 137 Å². The van der Waals surface area contributed by atoms with E-state index in [0.717, 1.165) is 68.4 Å². The van der Waals surface area contributed by atoms with Crippen LogP contribution in [0.25, 0.3) is 67.6 Å². The van der Waals surface area contributed by atoms with Gasteiger partial charge >= 0.3 is 6.18 Å². The highest BCUT2D eigenvalue weighted by Crippen LogP contribution is 2.41. The van der Waals surface area contributed by atoms with Crippen molar-refractivity contribution >= 4 is 93.9 Å². The largest absolute Gasteiger partial charge is 0.416 e. The Morgan fingerprint density at radius 1 is 0.353 bits per heavy atom. The quantitative estimate of drug-likeness (QED) is 0.107. The summed E-state index contributed by atoms with van der Waals surface area (Å²) in [6.07, 6.45) is 12.4. The molecule has 4 saturated heterocycles. The maximum atomic E-state index is 14.3. The minimum Gasteiger partial charge on any atom is -0.329 e. The van der Waals surface area contributed by atoms with Gasteiger partial charge in [0.2, 0.25) is 0 Å². The first-order chi connectivity index (χ1) is 70.3. The first kappa shape index (κ1) is 105. The topological polar surface area (TPSA) is 365 Å². The molecule has 4 aromatic carbocycles. The Morgan fingerprint density at radius 3 is 0.907 bits per heavy atom. The molecule has 0 unspecified atom stereocenters. The van der Waals surface area contributed by atoms with E-state index in [1.807, 2.05) is 77.1 Å². The van der Waals surface area contributed by atoms with Crippen molar-refractivity contribution in [3.05, 3.63) is 261 Å². The highest BCUT2D eigenvalue weighted by atomic mass is 19.4. The van der Waals surface area contributed by atoms with Crippen LogP contribution in [0.1, 0.15) is 231 Å². The number of aryl methyl sites for hydroxylation is 4. The number of amides is 8. The minimum absolute atomic E-state index is 0.133. The maximum Gasteiger partial charge on any atom is 0.416 e. The van der Waals surface area contributed by atoms with Crippen LogP contribution in [0.3, 0.4) is 0 Å². The van der Waals surface area contributed by atoms with Crippen molar-refractivity contribution in [2.24, 2.45) is 9.98 Å². The van der Waals surface area contributed by atoms with Gasteiger partial charge in [-0.3, -0.25) is 58.1 Å². The summed E-state index contributed by atoms with van der Waals surface area (Å²) in [6, 6.07) is 31.9. The third kappa shape index (κ3) is 20.4. The first-order valence-corrected chi connectivity index (χ1v) is 49.7. The number of piperazine rings is 4. The van der Waals surface area contributed by atoms with Crippen LogP contribution in [-0.4, -0.2) is 255 Å². The van der Waals surface area contributed by atoms with Crippen LogP contribution in [0, 0.1) is 39.3 Å². The maximum absolute atomic E-state index is 14.3. The van der Waals surface area contributed by atoms with Crippen molar-refractivity contribution in [1.82, 2.24) is 108 Å². The number of halogens is 5.